The van der Waals surface area contributed by atoms with Gasteiger partial charge in [-0.15, -0.1) is 8.96 Å². The number of nitrogens with zero attached hydrogens (tertiary/aromatic N) is 2. The van der Waals surface area contributed by atoms with Crippen molar-refractivity contribution in [3.8, 4) is 0 Å². The number of alkyl halides is 10. The lowest BCUT2D eigenvalue weighted by atomic mass is 10.4. The van der Waals surface area contributed by atoms with Crippen LogP contribution in [0, 0.1) is 0 Å². The van der Waals surface area contributed by atoms with Crippen molar-refractivity contribution < 1.29 is 52.9 Å². The first-order chi connectivity index (χ1) is 7.56. The Balaban J connectivity index is 5.46. The van der Waals surface area contributed by atoms with E-state index in [2.05, 4.69) is 0 Å². The molecule has 0 aromatic rings. The monoisotopic (exact) mass is 304 g/mol. The molecule has 0 heterocycles. The molecule has 18 heavy (non-hydrogen) atoms. The van der Waals surface area contributed by atoms with Crippen LogP contribution in [0.15, 0.2) is 0 Å². The highest BCUT2D eigenvalue weighted by atomic mass is 19.4. The van der Waals surface area contributed by atoms with Gasteiger partial charge in [0.05, 0.1) is 0 Å². The fourth-order valence-electron chi connectivity index (χ4n) is 0.555. The molecule has 0 radical (unpaired) electrons. The molecule has 2 nitrogen and oxygen atoms in total. The summed E-state index contributed by atoms with van der Waals surface area (Å²) in [4.78, 5) is 0. The molecule has 14 heteroatoms. The molecule has 0 saturated carbocycles. The summed E-state index contributed by atoms with van der Waals surface area (Å²) in [6.45, 7) is 0. The van der Waals surface area contributed by atoms with E-state index >= 15 is 0 Å². The molecule has 0 aliphatic heterocycles. The van der Waals surface area contributed by atoms with Gasteiger partial charge in [0.25, 0.3) is 0 Å². The molecular formula is C4F12N2. The second-order valence-corrected chi connectivity index (χ2v) is 2.58. The maximum atomic E-state index is 12.2. The van der Waals surface area contributed by atoms with Crippen molar-refractivity contribution in [1.82, 2.24) is 10.2 Å². The van der Waals surface area contributed by atoms with Crippen molar-refractivity contribution in [1.29, 1.82) is 0 Å². The van der Waals surface area contributed by atoms with Crippen LogP contribution in [-0.4, -0.2) is 34.9 Å². The summed E-state index contributed by atoms with van der Waals surface area (Å²) < 4.78 is 140. The molecule has 0 N–H and O–H groups in total. The number of hydrogen-bond donors (Lipinski definition) is 0. The molecule has 0 fully saturated rings. The molecule has 0 aromatic carbocycles. The van der Waals surface area contributed by atoms with Gasteiger partial charge in [0.15, 0.2) is 0 Å². The standard InChI is InChI=1S/C4F12N2/c5-1(6,17(15)3(9,10)11)2(7,8)18(16)4(12,13)14. The van der Waals surface area contributed by atoms with Crippen LogP contribution in [0.1, 0.15) is 0 Å². The van der Waals surface area contributed by atoms with Crippen LogP contribution in [-0.2, 0) is 0 Å². The first kappa shape index (κ1) is 17.1. The fraction of sp³-hybridized carbons (Fsp3) is 1.00. The summed E-state index contributed by atoms with van der Waals surface area (Å²) in [5.74, 6) is 0. The fourth-order valence-corrected chi connectivity index (χ4v) is 0.555. The van der Waals surface area contributed by atoms with Crippen LogP contribution in [0.5, 0.6) is 0 Å². The molecule has 110 valence electrons. The zero-order valence-electron chi connectivity index (χ0n) is 7.43. The minimum absolute atomic E-state index is 3.84. The van der Waals surface area contributed by atoms with Crippen molar-refractivity contribution in [2.45, 2.75) is 24.7 Å². The molecule has 0 saturated heterocycles. The Morgan fingerprint density at radius 1 is 0.444 bits per heavy atom. The third kappa shape index (κ3) is 2.90. The Morgan fingerprint density at radius 2 is 0.611 bits per heavy atom. The Kier molecular flexibility index (Phi) is 4.10. The van der Waals surface area contributed by atoms with E-state index in [4.69, 9.17) is 0 Å². The molecule has 0 rings (SSSR count). The van der Waals surface area contributed by atoms with Gasteiger partial charge in [-0.05, 0) is 0 Å². The van der Waals surface area contributed by atoms with Crippen LogP contribution in [0.4, 0.5) is 52.9 Å². The second-order valence-electron chi connectivity index (χ2n) is 2.58. The van der Waals surface area contributed by atoms with Crippen LogP contribution in [0.2, 0.25) is 0 Å². The summed E-state index contributed by atoms with van der Waals surface area (Å²) >= 11 is 0. The highest BCUT2D eigenvalue weighted by molar-refractivity contribution is 4.81. The molecular weight excluding hydrogens is 304 g/mol. The summed E-state index contributed by atoms with van der Waals surface area (Å²) in [6, 6.07) is -14.3. The van der Waals surface area contributed by atoms with Crippen LogP contribution in [0.25, 0.3) is 0 Å². The van der Waals surface area contributed by atoms with E-state index in [1.54, 1.807) is 0 Å². The molecule has 0 atom stereocenters. The average Bonchev–Trinajstić information content (AvgIpc) is 2.12. The van der Waals surface area contributed by atoms with Crippen molar-refractivity contribution >= 4 is 0 Å². The first-order valence-corrected chi connectivity index (χ1v) is 3.37. The average molecular weight is 304 g/mol. The number of rotatable bonds is 3. The lowest BCUT2D eigenvalue weighted by Gasteiger charge is -2.33. The summed E-state index contributed by atoms with van der Waals surface area (Å²) in [5.41, 5.74) is 0. The van der Waals surface area contributed by atoms with E-state index in [1.165, 1.54) is 0 Å². The lowest BCUT2D eigenvalue weighted by molar-refractivity contribution is -0.505. The Labute approximate surface area is 89.2 Å². The minimum Gasteiger partial charge on any atom is -0.176 e. The van der Waals surface area contributed by atoms with Crippen molar-refractivity contribution in [2.24, 2.45) is 0 Å². The zero-order valence-corrected chi connectivity index (χ0v) is 7.43. The molecule has 0 aromatic heterocycles. The summed E-state index contributed by atoms with van der Waals surface area (Å²) in [7, 11) is 0. The number of halogens is 12. The molecule has 0 bridgehead atoms. The largest absolute Gasteiger partial charge is 0.492 e. The van der Waals surface area contributed by atoms with E-state index in [1.807, 2.05) is 0 Å². The number of hydrogen-bond acceptors (Lipinski definition) is 2. The maximum absolute atomic E-state index is 12.2. The van der Waals surface area contributed by atoms with Gasteiger partial charge >= 0.3 is 24.7 Å². The quantitative estimate of drug-likeness (QED) is 0.447. The van der Waals surface area contributed by atoms with Gasteiger partial charge in [0.1, 0.15) is 0 Å². The molecule has 0 unspecified atom stereocenters. The maximum Gasteiger partial charge on any atom is 0.492 e. The summed E-state index contributed by atoms with van der Waals surface area (Å²) in [6.07, 6.45) is -13.5. The molecule has 0 aliphatic carbocycles. The van der Waals surface area contributed by atoms with Crippen molar-refractivity contribution in [3.63, 3.8) is 0 Å². The topological polar surface area (TPSA) is 6.48 Å². The second kappa shape index (κ2) is 4.32. The van der Waals surface area contributed by atoms with Gasteiger partial charge in [-0.3, -0.25) is 0 Å². The molecule has 0 aliphatic rings. The Morgan fingerprint density at radius 3 is 0.722 bits per heavy atom. The highest BCUT2D eigenvalue weighted by Gasteiger charge is 2.75. The van der Waals surface area contributed by atoms with Crippen LogP contribution >= 0.6 is 0 Å². The lowest BCUT2D eigenvalue weighted by Crippen LogP contribution is -2.63. The zero-order chi connectivity index (χ0) is 15.2. The summed E-state index contributed by atoms with van der Waals surface area (Å²) in [5, 5.41) is -7.67. The van der Waals surface area contributed by atoms with Gasteiger partial charge < -0.3 is 0 Å². The van der Waals surface area contributed by atoms with Crippen molar-refractivity contribution in [2.75, 3.05) is 0 Å². The van der Waals surface area contributed by atoms with Gasteiger partial charge in [-0.2, -0.15) is 43.9 Å². The van der Waals surface area contributed by atoms with E-state index in [-0.39, 0.29) is 0 Å². The smallest absolute Gasteiger partial charge is 0.176 e. The van der Waals surface area contributed by atoms with Gasteiger partial charge in [0.2, 0.25) is 0 Å². The van der Waals surface area contributed by atoms with Gasteiger partial charge in [0, 0.05) is 10.2 Å². The predicted octanol–water partition coefficient (Wildman–Crippen LogP) is 3.58. The van der Waals surface area contributed by atoms with E-state index in [0.717, 1.165) is 0 Å². The first-order valence-electron chi connectivity index (χ1n) is 3.37. The van der Waals surface area contributed by atoms with Crippen LogP contribution in [0.3, 0.4) is 0 Å². The molecule has 0 spiro atoms. The van der Waals surface area contributed by atoms with Gasteiger partial charge in [-0.25, -0.2) is 0 Å². The van der Waals surface area contributed by atoms with Gasteiger partial charge in [-0.1, -0.05) is 0 Å². The van der Waals surface area contributed by atoms with E-state index in [9.17, 15) is 52.9 Å². The van der Waals surface area contributed by atoms with Crippen LogP contribution < -0.4 is 0 Å². The highest BCUT2D eigenvalue weighted by Crippen LogP contribution is 2.47. The minimum atomic E-state index is -7.14. The Bertz CT molecular complexity index is 259. The molecule has 0 amide bonds. The third-order valence-corrected chi connectivity index (χ3v) is 1.30. The Hall–Kier alpha value is -0.920. The SMILES string of the molecule is FN(C(F)(F)F)C(F)(F)C(F)(F)N(F)C(F)(F)F. The normalized spacial score (nSPS) is 15.7. The van der Waals surface area contributed by atoms with E-state index < -0.39 is 34.9 Å². The third-order valence-electron chi connectivity index (χ3n) is 1.30. The van der Waals surface area contributed by atoms with Crippen molar-refractivity contribution in [3.05, 3.63) is 0 Å². The van der Waals surface area contributed by atoms with E-state index in [0.29, 0.717) is 0 Å². The predicted molar refractivity (Wildman–Crippen MR) is 27.9 cm³/mol.